The molecule has 1 fully saturated rings. The van der Waals surface area contributed by atoms with Crippen LogP contribution >= 0.6 is 0 Å². The van der Waals surface area contributed by atoms with Crippen LogP contribution in [0, 0.1) is 5.82 Å². The molecule has 4 rings (SSSR count). The van der Waals surface area contributed by atoms with E-state index in [4.69, 9.17) is 0 Å². The van der Waals surface area contributed by atoms with Gasteiger partial charge >= 0.3 is 0 Å². The molecule has 3 aromatic rings. The van der Waals surface area contributed by atoms with Gasteiger partial charge in [-0.05, 0) is 55.7 Å². The highest BCUT2D eigenvalue weighted by Gasteiger charge is 2.35. The third-order valence-electron chi connectivity index (χ3n) is 6.22. The van der Waals surface area contributed by atoms with Gasteiger partial charge in [0, 0.05) is 30.7 Å². The maximum Gasteiger partial charge on any atom is 0.269 e. The highest BCUT2D eigenvalue weighted by molar-refractivity contribution is 5.93. The molecule has 1 aliphatic carbocycles. The van der Waals surface area contributed by atoms with Crippen LogP contribution in [-0.4, -0.2) is 27.8 Å². The molecule has 1 saturated carbocycles. The molecule has 6 heteroatoms. The fraction of sp³-hybridized carbons (Fsp3) is 0.360. The zero-order valence-corrected chi connectivity index (χ0v) is 18.1. The first kappa shape index (κ1) is 21.2. The first-order chi connectivity index (χ1) is 15.0. The van der Waals surface area contributed by atoms with Crippen molar-refractivity contribution < 1.29 is 9.18 Å². The summed E-state index contributed by atoms with van der Waals surface area (Å²) in [6, 6.07) is 18.5. The number of carbonyl (C=O) groups excluding carboxylic acids is 1. The molecule has 1 unspecified atom stereocenters. The number of aromatic nitrogens is 2. The highest BCUT2D eigenvalue weighted by Crippen LogP contribution is 2.32. The number of rotatable bonds is 7. The van der Waals surface area contributed by atoms with Gasteiger partial charge in [0.15, 0.2) is 0 Å². The Morgan fingerprint density at radius 3 is 2.48 bits per heavy atom. The summed E-state index contributed by atoms with van der Waals surface area (Å²) in [6.45, 7) is 2.74. The molecule has 1 atom stereocenters. The maximum atomic E-state index is 13.2. The van der Waals surface area contributed by atoms with Gasteiger partial charge in [-0.25, -0.2) is 4.39 Å². The monoisotopic (exact) mass is 420 g/mol. The van der Waals surface area contributed by atoms with E-state index in [1.54, 1.807) is 29.9 Å². The van der Waals surface area contributed by atoms with Crippen LogP contribution < -0.4 is 10.6 Å². The van der Waals surface area contributed by atoms with Crippen molar-refractivity contribution >= 4 is 5.91 Å². The third-order valence-corrected chi connectivity index (χ3v) is 6.22. The quantitative estimate of drug-likeness (QED) is 0.586. The second kappa shape index (κ2) is 9.02. The van der Waals surface area contributed by atoms with Crippen LogP contribution in [0.3, 0.4) is 0 Å². The van der Waals surface area contributed by atoms with E-state index in [-0.39, 0.29) is 23.3 Å². The lowest BCUT2D eigenvalue weighted by atomic mass is 9.94. The van der Waals surface area contributed by atoms with Crippen LogP contribution in [-0.2, 0) is 7.05 Å². The Bertz CT molecular complexity index is 1020. The van der Waals surface area contributed by atoms with E-state index in [0.717, 1.165) is 31.2 Å². The van der Waals surface area contributed by atoms with Gasteiger partial charge in [-0.1, -0.05) is 43.2 Å². The minimum Gasteiger partial charge on any atom is -0.349 e. The van der Waals surface area contributed by atoms with Gasteiger partial charge in [0.05, 0.1) is 5.69 Å². The molecular weight excluding hydrogens is 391 g/mol. The zero-order valence-electron chi connectivity index (χ0n) is 18.1. The molecular formula is C25H29FN4O. The normalized spacial score (nSPS) is 16.2. The van der Waals surface area contributed by atoms with Crippen LogP contribution in [0.25, 0.3) is 11.3 Å². The number of aryl methyl sites for hydroxylation is 1. The Morgan fingerprint density at radius 1 is 1.13 bits per heavy atom. The molecule has 162 valence electrons. The molecule has 0 bridgehead atoms. The Hall–Kier alpha value is -2.99. The van der Waals surface area contributed by atoms with Gasteiger partial charge in [0.1, 0.15) is 11.5 Å². The van der Waals surface area contributed by atoms with Gasteiger partial charge in [-0.2, -0.15) is 5.10 Å². The molecule has 5 nitrogen and oxygen atoms in total. The van der Waals surface area contributed by atoms with Gasteiger partial charge < -0.3 is 10.6 Å². The van der Waals surface area contributed by atoms with E-state index in [2.05, 4.69) is 46.9 Å². The first-order valence-electron chi connectivity index (χ1n) is 10.9. The van der Waals surface area contributed by atoms with Crippen molar-refractivity contribution in [2.24, 2.45) is 7.05 Å². The second-order valence-corrected chi connectivity index (χ2v) is 8.49. The molecule has 1 amide bonds. The molecule has 0 aliphatic heterocycles. The lowest BCUT2D eigenvalue weighted by Crippen LogP contribution is -2.52. The lowest BCUT2D eigenvalue weighted by molar-refractivity contribution is 0.0927. The molecule has 1 heterocycles. The van der Waals surface area contributed by atoms with Gasteiger partial charge in [0.2, 0.25) is 0 Å². The third kappa shape index (κ3) is 4.85. The summed E-state index contributed by atoms with van der Waals surface area (Å²) >= 11 is 0. The van der Waals surface area contributed by atoms with Gasteiger partial charge in [-0.15, -0.1) is 0 Å². The van der Waals surface area contributed by atoms with Crippen molar-refractivity contribution in [3.63, 3.8) is 0 Å². The summed E-state index contributed by atoms with van der Waals surface area (Å²) in [6.07, 6.45) is 4.39. The standard InChI is InChI=1S/C25H29FN4O/c1-18(19-8-4-3-5-9-19)28-25(14-6-7-15-25)17-27-24(31)23-16-22(29-30(23)2)20-10-12-21(26)13-11-20/h3-5,8-13,16,18,28H,6-7,14-15,17H2,1-2H3,(H,27,31). The molecule has 2 N–H and O–H groups in total. The average molecular weight is 421 g/mol. The maximum absolute atomic E-state index is 13.2. The SMILES string of the molecule is CC(NC1(CNC(=O)c2cc(-c3ccc(F)cc3)nn2C)CCCC1)c1ccccc1. The number of halogens is 1. The fourth-order valence-corrected chi connectivity index (χ4v) is 4.49. The molecule has 1 aromatic heterocycles. The second-order valence-electron chi connectivity index (χ2n) is 8.49. The Kier molecular flexibility index (Phi) is 6.18. The number of benzene rings is 2. The number of carbonyl (C=O) groups is 1. The van der Waals surface area contributed by atoms with Gasteiger partial charge in [-0.3, -0.25) is 9.48 Å². The van der Waals surface area contributed by atoms with E-state index < -0.39 is 0 Å². The van der Waals surface area contributed by atoms with E-state index in [1.807, 2.05) is 6.07 Å². The lowest BCUT2D eigenvalue weighted by Gasteiger charge is -2.34. The van der Waals surface area contributed by atoms with Crippen molar-refractivity contribution in [2.45, 2.75) is 44.2 Å². The predicted octanol–water partition coefficient (Wildman–Crippen LogP) is 4.62. The summed E-state index contributed by atoms with van der Waals surface area (Å²) in [5.74, 6) is -0.444. The van der Waals surface area contributed by atoms with Crippen molar-refractivity contribution in [1.82, 2.24) is 20.4 Å². The molecule has 0 spiro atoms. The minimum absolute atomic E-state index is 0.108. The van der Waals surface area contributed by atoms with Crippen molar-refractivity contribution in [1.29, 1.82) is 0 Å². The number of nitrogens with one attached hydrogen (secondary N) is 2. The smallest absolute Gasteiger partial charge is 0.269 e. The van der Waals surface area contributed by atoms with Crippen molar-refractivity contribution in [3.8, 4) is 11.3 Å². The average Bonchev–Trinajstić information content (AvgIpc) is 3.40. The molecule has 31 heavy (non-hydrogen) atoms. The van der Waals surface area contributed by atoms with E-state index in [1.165, 1.54) is 17.7 Å². The number of hydrogen-bond acceptors (Lipinski definition) is 3. The van der Waals surface area contributed by atoms with Gasteiger partial charge in [0.25, 0.3) is 5.91 Å². The number of nitrogens with zero attached hydrogens (tertiary/aromatic N) is 2. The van der Waals surface area contributed by atoms with Crippen LogP contribution in [0.5, 0.6) is 0 Å². The van der Waals surface area contributed by atoms with E-state index in [9.17, 15) is 9.18 Å². The van der Waals surface area contributed by atoms with E-state index >= 15 is 0 Å². The predicted molar refractivity (Wildman–Crippen MR) is 120 cm³/mol. The van der Waals surface area contributed by atoms with Crippen LogP contribution in [0.1, 0.15) is 54.7 Å². The Labute approximate surface area is 182 Å². The fourth-order valence-electron chi connectivity index (χ4n) is 4.49. The molecule has 2 aromatic carbocycles. The topological polar surface area (TPSA) is 58.9 Å². The minimum atomic E-state index is -0.295. The summed E-state index contributed by atoms with van der Waals surface area (Å²) in [5.41, 5.74) is 3.06. The molecule has 1 aliphatic rings. The largest absolute Gasteiger partial charge is 0.349 e. The first-order valence-corrected chi connectivity index (χ1v) is 10.9. The van der Waals surface area contributed by atoms with Crippen LogP contribution in [0.15, 0.2) is 60.7 Å². The zero-order chi connectivity index (χ0) is 21.8. The number of hydrogen-bond donors (Lipinski definition) is 2. The van der Waals surface area contributed by atoms with Crippen LogP contribution in [0.4, 0.5) is 4.39 Å². The molecule has 0 saturated heterocycles. The van der Waals surface area contributed by atoms with Crippen molar-refractivity contribution in [2.75, 3.05) is 6.54 Å². The van der Waals surface area contributed by atoms with E-state index in [0.29, 0.717) is 17.9 Å². The Balaban J connectivity index is 1.44. The number of amides is 1. The summed E-state index contributed by atoms with van der Waals surface area (Å²) < 4.78 is 14.8. The summed E-state index contributed by atoms with van der Waals surface area (Å²) in [7, 11) is 1.75. The summed E-state index contributed by atoms with van der Waals surface area (Å²) in [5, 5.41) is 11.4. The Morgan fingerprint density at radius 2 is 1.81 bits per heavy atom. The molecule has 0 radical (unpaired) electrons. The van der Waals surface area contributed by atoms with Crippen LogP contribution in [0.2, 0.25) is 0 Å². The highest BCUT2D eigenvalue weighted by atomic mass is 19.1. The summed E-state index contributed by atoms with van der Waals surface area (Å²) in [4.78, 5) is 13.0. The van der Waals surface area contributed by atoms with Crippen molar-refractivity contribution in [3.05, 3.63) is 77.7 Å².